The third kappa shape index (κ3) is 2.47. The van der Waals surface area contributed by atoms with E-state index in [1.807, 2.05) is 6.07 Å². The Balaban J connectivity index is 2.07. The lowest BCUT2D eigenvalue weighted by atomic mass is 10.2. The van der Waals surface area contributed by atoms with E-state index in [9.17, 15) is 0 Å². The van der Waals surface area contributed by atoms with E-state index in [1.54, 1.807) is 46.0 Å². The van der Waals surface area contributed by atoms with Crippen molar-refractivity contribution in [3.05, 3.63) is 64.1 Å². The number of nitrogens with zero attached hydrogens (tertiary/aromatic N) is 5. The maximum Gasteiger partial charge on any atom is 0.166 e. The highest BCUT2D eigenvalue weighted by atomic mass is 35.5. The molecule has 0 amide bonds. The van der Waals surface area contributed by atoms with Gasteiger partial charge >= 0.3 is 0 Å². The highest BCUT2D eigenvalue weighted by Gasteiger charge is 2.17. The van der Waals surface area contributed by atoms with Crippen LogP contribution in [0.4, 0.5) is 0 Å². The fraction of sp³-hybridized carbons (Fsp3) is 0. The summed E-state index contributed by atoms with van der Waals surface area (Å²) in [5.74, 6) is 0.721. The summed E-state index contributed by atoms with van der Waals surface area (Å²) in [5.41, 5.74) is 1.42. The minimum Gasteiger partial charge on any atom is -0.223 e. The zero-order valence-corrected chi connectivity index (χ0v) is 13.8. The molecule has 0 unspecified atom stereocenters. The molecular formula is C15H8Cl3N5. The Morgan fingerprint density at radius 1 is 0.913 bits per heavy atom. The van der Waals surface area contributed by atoms with E-state index in [1.165, 1.54) is 6.33 Å². The maximum atomic E-state index is 6.34. The second-order valence-corrected chi connectivity index (χ2v) is 6.11. The molecule has 0 aliphatic carbocycles. The quantitative estimate of drug-likeness (QED) is 0.523. The predicted molar refractivity (Wildman–Crippen MR) is 91.0 cm³/mol. The van der Waals surface area contributed by atoms with Crippen LogP contribution in [0.25, 0.3) is 22.4 Å². The molecule has 4 rings (SSSR count). The lowest BCUT2D eigenvalue weighted by Gasteiger charge is -2.09. The van der Waals surface area contributed by atoms with Gasteiger partial charge in [0.2, 0.25) is 0 Å². The van der Waals surface area contributed by atoms with Gasteiger partial charge < -0.3 is 0 Å². The SMILES string of the molecule is Clc1ccc(-n2nc3cc(Cl)ccc3c2-n2cncn2)c(Cl)c1. The van der Waals surface area contributed by atoms with Gasteiger partial charge in [-0.05, 0) is 36.4 Å². The van der Waals surface area contributed by atoms with Crippen LogP contribution in [-0.4, -0.2) is 24.5 Å². The lowest BCUT2D eigenvalue weighted by Crippen LogP contribution is -2.06. The molecule has 0 bridgehead atoms. The number of fused-ring (bicyclic) bond motifs is 1. The normalized spacial score (nSPS) is 11.3. The molecule has 8 heteroatoms. The van der Waals surface area contributed by atoms with Crippen molar-refractivity contribution in [2.75, 3.05) is 0 Å². The zero-order chi connectivity index (χ0) is 16.0. The summed E-state index contributed by atoms with van der Waals surface area (Å²) in [6, 6.07) is 10.7. The molecule has 114 valence electrons. The van der Waals surface area contributed by atoms with Crippen LogP contribution in [0.2, 0.25) is 15.1 Å². The van der Waals surface area contributed by atoms with Crippen molar-refractivity contribution in [2.45, 2.75) is 0 Å². The van der Waals surface area contributed by atoms with Crippen molar-refractivity contribution in [2.24, 2.45) is 0 Å². The van der Waals surface area contributed by atoms with Gasteiger partial charge in [-0.2, -0.15) is 10.2 Å². The average Bonchev–Trinajstić information content (AvgIpc) is 3.13. The maximum absolute atomic E-state index is 6.34. The topological polar surface area (TPSA) is 48.5 Å². The van der Waals surface area contributed by atoms with Crippen LogP contribution in [-0.2, 0) is 0 Å². The molecule has 2 aromatic carbocycles. The number of aromatic nitrogens is 5. The van der Waals surface area contributed by atoms with E-state index in [2.05, 4.69) is 15.2 Å². The molecule has 0 saturated carbocycles. The van der Waals surface area contributed by atoms with Crippen LogP contribution in [0.15, 0.2) is 49.1 Å². The summed E-state index contributed by atoms with van der Waals surface area (Å²) in [4.78, 5) is 4.00. The van der Waals surface area contributed by atoms with E-state index in [0.717, 1.165) is 16.7 Å². The highest BCUT2D eigenvalue weighted by molar-refractivity contribution is 6.35. The first-order chi connectivity index (χ1) is 11.1. The van der Waals surface area contributed by atoms with Crippen molar-refractivity contribution >= 4 is 45.7 Å². The summed E-state index contributed by atoms with van der Waals surface area (Å²) < 4.78 is 3.34. The fourth-order valence-corrected chi connectivity index (χ4v) is 3.06. The summed E-state index contributed by atoms with van der Waals surface area (Å²) in [6.07, 6.45) is 3.06. The minimum absolute atomic E-state index is 0.484. The zero-order valence-electron chi connectivity index (χ0n) is 11.5. The third-order valence-corrected chi connectivity index (χ3v) is 4.16. The van der Waals surface area contributed by atoms with Crippen LogP contribution in [0.1, 0.15) is 0 Å². The molecule has 5 nitrogen and oxygen atoms in total. The predicted octanol–water partition coefficient (Wildman–Crippen LogP) is 4.57. The smallest absolute Gasteiger partial charge is 0.166 e. The van der Waals surface area contributed by atoms with Crippen molar-refractivity contribution in [1.82, 2.24) is 24.5 Å². The Labute approximate surface area is 146 Å². The van der Waals surface area contributed by atoms with E-state index in [0.29, 0.717) is 20.8 Å². The lowest BCUT2D eigenvalue weighted by molar-refractivity contribution is 0.771. The summed E-state index contributed by atoms with van der Waals surface area (Å²) in [7, 11) is 0. The molecule has 0 aliphatic heterocycles. The van der Waals surface area contributed by atoms with Gasteiger partial charge in [0, 0.05) is 15.4 Å². The molecule has 0 spiro atoms. The molecule has 0 atom stereocenters. The summed E-state index contributed by atoms with van der Waals surface area (Å²) in [6.45, 7) is 0. The molecule has 23 heavy (non-hydrogen) atoms. The second kappa shape index (κ2) is 5.53. The van der Waals surface area contributed by atoms with Crippen LogP contribution in [0.5, 0.6) is 0 Å². The van der Waals surface area contributed by atoms with Crippen LogP contribution in [0.3, 0.4) is 0 Å². The first-order valence-electron chi connectivity index (χ1n) is 6.62. The highest BCUT2D eigenvalue weighted by Crippen LogP contribution is 2.31. The van der Waals surface area contributed by atoms with Gasteiger partial charge in [0.15, 0.2) is 5.82 Å². The number of halogens is 3. The number of hydrogen-bond acceptors (Lipinski definition) is 3. The van der Waals surface area contributed by atoms with Gasteiger partial charge in [0.1, 0.15) is 12.7 Å². The standard InChI is InChI=1S/C15H8Cl3N5/c16-9-2-4-14(12(18)5-9)23-15(22-8-19-7-20-22)11-3-1-10(17)6-13(11)21-23/h1-8H. The molecule has 0 radical (unpaired) electrons. The van der Waals surface area contributed by atoms with Crippen molar-refractivity contribution in [3.8, 4) is 11.5 Å². The fourth-order valence-electron chi connectivity index (χ4n) is 2.40. The number of benzene rings is 2. The Kier molecular flexibility index (Phi) is 3.49. The second-order valence-electron chi connectivity index (χ2n) is 4.83. The number of hydrogen-bond donors (Lipinski definition) is 0. The van der Waals surface area contributed by atoms with E-state index < -0.39 is 0 Å². The van der Waals surface area contributed by atoms with E-state index in [-0.39, 0.29) is 0 Å². The molecule has 2 aromatic heterocycles. The Morgan fingerprint density at radius 2 is 1.70 bits per heavy atom. The van der Waals surface area contributed by atoms with Gasteiger partial charge in [-0.1, -0.05) is 34.8 Å². The third-order valence-electron chi connectivity index (χ3n) is 3.38. The molecule has 0 saturated heterocycles. The van der Waals surface area contributed by atoms with E-state index in [4.69, 9.17) is 34.8 Å². The van der Waals surface area contributed by atoms with Crippen molar-refractivity contribution < 1.29 is 0 Å². The number of rotatable bonds is 2. The van der Waals surface area contributed by atoms with Crippen LogP contribution in [0, 0.1) is 0 Å². The first-order valence-corrected chi connectivity index (χ1v) is 7.75. The molecular weight excluding hydrogens is 357 g/mol. The summed E-state index contributed by atoms with van der Waals surface area (Å²) >= 11 is 18.4. The van der Waals surface area contributed by atoms with Gasteiger partial charge in [0.25, 0.3) is 0 Å². The van der Waals surface area contributed by atoms with Gasteiger partial charge in [-0.15, -0.1) is 0 Å². The van der Waals surface area contributed by atoms with Gasteiger partial charge in [-0.3, -0.25) is 0 Å². The van der Waals surface area contributed by atoms with Gasteiger partial charge in [0.05, 0.1) is 16.2 Å². The van der Waals surface area contributed by atoms with Crippen LogP contribution < -0.4 is 0 Å². The Hall–Kier alpha value is -2.08. The van der Waals surface area contributed by atoms with E-state index >= 15 is 0 Å². The summed E-state index contributed by atoms with van der Waals surface area (Å²) in [5, 5.41) is 11.3. The molecule has 0 N–H and O–H groups in total. The van der Waals surface area contributed by atoms with Crippen molar-refractivity contribution in [1.29, 1.82) is 0 Å². The largest absolute Gasteiger partial charge is 0.223 e. The molecule has 0 fully saturated rings. The average molecular weight is 365 g/mol. The molecule has 0 aliphatic rings. The van der Waals surface area contributed by atoms with Crippen LogP contribution >= 0.6 is 34.8 Å². The van der Waals surface area contributed by atoms with Gasteiger partial charge in [-0.25, -0.2) is 14.3 Å². The Bertz CT molecular complexity index is 1010. The Morgan fingerprint density at radius 3 is 2.43 bits per heavy atom. The van der Waals surface area contributed by atoms with Crippen molar-refractivity contribution in [3.63, 3.8) is 0 Å². The monoisotopic (exact) mass is 363 g/mol. The minimum atomic E-state index is 0.484. The molecule has 2 heterocycles. The molecule has 4 aromatic rings. The first kappa shape index (κ1) is 14.5.